The highest BCUT2D eigenvalue weighted by atomic mass is 16.5. The number of benzene rings is 1. The first-order valence-corrected chi connectivity index (χ1v) is 5.88. The summed E-state index contributed by atoms with van der Waals surface area (Å²) in [6.45, 7) is 2.53. The van der Waals surface area contributed by atoms with Crippen LogP contribution in [0.15, 0.2) is 42.7 Å². The SMILES string of the molecule is CCOc1ccc(Nc2ccncc2C(=O)O)cc1. The molecular formula is C14H14N2O3. The quantitative estimate of drug-likeness (QED) is 0.862. The van der Waals surface area contributed by atoms with Crippen molar-refractivity contribution in [2.45, 2.75) is 6.92 Å². The molecule has 1 heterocycles. The summed E-state index contributed by atoms with van der Waals surface area (Å²) < 4.78 is 5.34. The number of aromatic nitrogens is 1. The maximum absolute atomic E-state index is 11.1. The van der Waals surface area contributed by atoms with Crippen LogP contribution in [0.25, 0.3) is 0 Å². The standard InChI is InChI=1S/C14H14N2O3/c1-2-19-11-5-3-10(4-6-11)16-13-7-8-15-9-12(13)14(17)18/h3-9H,2H2,1H3,(H,15,16)(H,17,18). The fourth-order valence-electron chi connectivity index (χ4n) is 1.63. The number of carboxylic acid groups (broad SMARTS) is 1. The number of ether oxygens (including phenoxy) is 1. The van der Waals surface area contributed by atoms with E-state index in [1.165, 1.54) is 6.20 Å². The molecule has 2 aromatic rings. The third-order valence-electron chi connectivity index (χ3n) is 2.50. The molecule has 0 radical (unpaired) electrons. The largest absolute Gasteiger partial charge is 0.494 e. The average Bonchev–Trinajstić information content (AvgIpc) is 2.42. The van der Waals surface area contributed by atoms with Crippen LogP contribution in [-0.2, 0) is 0 Å². The smallest absolute Gasteiger partial charge is 0.339 e. The fourth-order valence-corrected chi connectivity index (χ4v) is 1.63. The van der Waals surface area contributed by atoms with Gasteiger partial charge in [-0.3, -0.25) is 4.98 Å². The molecule has 1 aromatic heterocycles. The molecule has 1 aromatic carbocycles. The molecule has 0 unspecified atom stereocenters. The molecule has 0 bridgehead atoms. The number of carboxylic acids is 1. The van der Waals surface area contributed by atoms with Crippen LogP contribution >= 0.6 is 0 Å². The highest BCUT2D eigenvalue weighted by molar-refractivity contribution is 5.94. The van der Waals surface area contributed by atoms with Crippen LogP contribution in [0, 0.1) is 0 Å². The van der Waals surface area contributed by atoms with Crippen molar-refractivity contribution in [3.05, 3.63) is 48.3 Å². The molecule has 0 amide bonds. The number of nitrogens with one attached hydrogen (secondary N) is 1. The Morgan fingerprint density at radius 2 is 2.05 bits per heavy atom. The zero-order valence-electron chi connectivity index (χ0n) is 10.5. The molecule has 0 atom stereocenters. The Labute approximate surface area is 110 Å². The monoisotopic (exact) mass is 258 g/mol. The molecule has 5 heteroatoms. The number of carbonyl (C=O) groups is 1. The zero-order valence-corrected chi connectivity index (χ0v) is 10.5. The van der Waals surface area contributed by atoms with Crippen molar-refractivity contribution in [3.63, 3.8) is 0 Å². The van der Waals surface area contributed by atoms with Gasteiger partial charge in [-0.1, -0.05) is 0 Å². The van der Waals surface area contributed by atoms with Crippen molar-refractivity contribution in [2.24, 2.45) is 0 Å². The summed E-state index contributed by atoms with van der Waals surface area (Å²) in [7, 11) is 0. The molecule has 0 spiro atoms. The van der Waals surface area contributed by atoms with Crippen LogP contribution < -0.4 is 10.1 Å². The minimum Gasteiger partial charge on any atom is -0.494 e. The van der Waals surface area contributed by atoms with Crippen molar-refractivity contribution < 1.29 is 14.6 Å². The second-order valence-corrected chi connectivity index (χ2v) is 3.81. The highest BCUT2D eigenvalue weighted by Crippen LogP contribution is 2.22. The molecule has 0 fully saturated rings. The van der Waals surface area contributed by atoms with E-state index in [0.29, 0.717) is 12.3 Å². The van der Waals surface area contributed by atoms with Crippen LogP contribution in [0.4, 0.5) is 11.4 Å². The van der Waals surface area contributed by atoms with Gasteiger partial charge in [0.2, 0.25) is 0 Å². The van der Waals surface area contributed by atoms with Crippen molar-refractivity contribution >= 4 is 17.3 Å². The molecular weight excluding hydrogens is 244 g/mol. The van der Waals surface area contributed by atoms with Gasteiger partial charge >= 0.3 is 5.97 Å². The second kappa shape index (κ2) is 5.86. The predicted molar refractivity (Wildman–Crippen MR) is 72.1 cm³/mol. The number of hydrogen-bond acceptors (Lipinski definition) is 4. The fraction of sp³-hybridized carbons (Fsp3) is 0.143. The van der Waals surface area contributed by atoms with Crippen LogP contribution in [0.3, 0.4) is 0 Å². The minimum absolute atomic E-state index is 0.136. The van der Waals surface area contributed by atoms with Crippen LogP contribution in [0.2, 0.25) is 0 Å². The summed E-state index contributed by atoms with van der Waals surface area (Å²) in [4.78, 5) is 14.9. The molecule has 98 valence electrons. The maximum Gasteiger partial charge on any atom is 0.339 e. The maximum atomic E-state index is 11.1. The van der Waals surface area contributed by atoms with E-state index in [4.69, 9.17) is 9.84 Å². The zero-order chi connectivity index (χ0) is 13.7. The van der Waals surface area contributed by atoms with Crippen molar-refractivity contribution in [3.8, 4) is 5.75 Å². The molecule has 2 rings (SSSR count). The second-order valence-electron chi connectivity index (χ2n) is 3.81. The Morgan fingerprint density at radius 1 is 1.32 bits per heavy atom. The van der Waals surface area contributed by atoms with Gasteiger partial charge in [-0.15, -0.1) is 0 Å². The topological polar surface area (TPSA) is 71.5 Å². The molecule has 0 aliphatic carbocycles. The van der Waals surface area contributed by atoms with E-state index in [2.05, 4.69) is 10.3 Å². The van der Waals surface area contributed by atoms with Gasteiger partial charge < -0.3 is 15.2 Å². The Bertz CT molecular complexity index is 567. The van der Waals surface area contributed by atoms with E-state index in [1.54, 1.807) is 12.3 Å². The molecule has 0 aliphatic rings. The first-order valence-electron chi connectivity index (χ1n) is 5.88. The molecule has 2 N–H and O–H groups in total. The third-order valence-corrected chi connectivity index (χ3v) is 2.50. The number of rotatable bonds is 5. The van der Waals surface area contributed by atoms with Crippen molar-refractivity contribution in [1.29, 1.82) is 0 Å². The lowest BCUT2D eigenvalue weighted by molar-refractivity contribution is 0.0697. The van der Waals surface area contributed by atoms with Gasteiger partial charge in [0.15, 0.2) is 0 Å². The first-order chi connectivity index (χ1) is 9.20. The van der Waals surface area contributed by atoms with E-state index in [9.17, 15) is 4.79 Å². The van der Waals surface area contributed by atoms with Gasteiger partial charge in [0.05, 0.1) is 12.3 Å². The van der Waals surface area contributed by atoms with E-state index < -0.39 is 5.97 Å². The summed E-state index contributed by atoms with van der Waals surface area (Å²) in [5, 5.41) is 12.1. The summed E-state index contributed by atoms with van der Waals surface area (Å²) in [5.74, 6) is -0.234. The lowest BCUT2D eigenvalue weighted by Crippen LogP contribution is -2.03. The summed E-state index contributed by atoms with van der Waals surface area (Å²) in [6, 6.07) is 8.94. The van der Waals surface area contributed by atoms with E-state index in [-0.39, 0.29) is 5.56 Å². The Balaban J connectivity index is 2.19. The molecule has 0 saturated carbocycles. The van der Waals surface area contributed by atoms with Crippen molar-refractivity contribution in [2.75, 3.05) is 11.9 Å². The Kier molecular flexibility index (Phi) is 3.97. The van der Waals surface area contributed by atoms with Crippen LogP contribution in [0.5, 0.6) is 5.75 Å². The molecule has 5 nitrogen and oxygen atoms in total. The number of pyridine rings is 1. The minimum atomic E-state index is -1.01. The van der Waals surface area contributed by atoms with Gasteiger partial charge in [0, 0.05) is 18.1 Å². The average molecular weight is 258 g/mol. The lowest BCUT2D eigenvalue weighted by atomic mass is 10.2. The van der Waals surface area contributed by atoms with Crippen LogP contribution in [0.1, 0.15) is 17.3 Å². The summed E-state index contributed by atoms with van der Waals surface area (Å²) in [5.41, 5.74) is 1.43. The molecule has 0 saturated heterocycles. The van der Waals surface area contributed by atoms with Gasteiger partial charge in [0.1, 0.15) is 11.3 Å². The summed E-state index contributed by atoms with van der Waals surface area (Å²) in [6.07, 6.45) is 2.86. The van der Waals surface area contributed by atoms with E-state index >= 15 is 0 Å². The predicted octanol–water partition coefficient (Wildman–Crippen LogP) is 2.92. The van der Waals surface area contributed by atoms with Crippen molar-refractivity contribution in [1.82, 2.24) is 4.98 Å². The Morgan fingerprint density at radius 3 is 2.68 bits per heavy atom. The van der Waals surface area contributed by atoms with E-state index in [0.717, 1.165) is 11.4 Å². The van der Waals surface area contributed by atoms with Gasteiger partial charge in [-0.05, 0) is 37.3 Å². The number of hydrogen-bond donors (Lipinski definition) is 2. The molecule has 19 heavy (non-hydrogen) atoms. The number of anilines is 2. The van der Waals surface area contributed by atoms with Gasteiger partial charge in [-0.25, -0.2) is 4.79 Å². The first kappa shape index (κ1) is 12.9. The van der Waals surface area contributed by atoms with Gasteiger partial charge in [0.25, 0.3) is 0 Å². The normalized spacial score (nSPS) is 9.95. The summed E-state index contributed by atoms with van der Waals surface area (Å²) >= 11 is 0. The third kappa shape index (κ3) is 3.22. The van der Waals surface area contributed by atoms with Crippen LogP contribution in [-0.4, -0.2) is 22.7 Å². The Hall–Kier alpha value is -2.56. The molecule has 0 aliphatic heterocycles. The highest BCUT2D eigenvalue weighted by Gasteiger charge is 2.09. The number of nitrogens with zero attached hydrogens (tertiary/aromatic N) is 1. The number of aromatic carboxylic acids is 1. The van der Waals surface area contributed by atoms with Gasteiger partial charge in [-0.2, -0.15) is 0 Å². The van der Waals surface area contributed by atoms with E-state index in [1.807, 2.05) is 31.2 Å². The lowest BCUT2D eigenvalue weighted by Gasteiger charge is -2.10.